The number of rotatable bonds is 1. The number of benzene rings is 1. The zero-order valence-corrected chi connectivity index (χ0v) is 15.1. The maximum atomic E-state index is 12.4. The Morgan fingerprint density at radius 3 is 2.50 bits per heavy atom. The van der Waals surface area contributed by atoms with Crippen molar-refractivity contribution in [2.75, 3.05) is 6.54 Å². The van der Waals surface area contributed by atoms with E-state index in [0.29, 0.717) is 17.1 Å². The second-order valence-corrected chi connectivity index (χ2v) is 7.92. The van der Waals surface area contributed by atoms with Crippen molar-refractivity contribution in [3.8, 4) is 10.6 Å². The van der Waals surface area contributed by atoms with Crippen molar-refractivity contribution in [1.29, 1.82) is 0 Å². The zero-order chi connectivity index (χ0) is 17.5. The van der Waals surface area contributed by atoms with E-state index < -0.39 is 11.7 Å². The lowest BCUT2D eigenvalue weighted by atomic mass is 10.1. The summed E-state index contributed by atoms with van der Waals surface area (Å²) < 4.78 is 5.36. The maximum absolute atomic E-state index is 12.4. The fourth-order valence-corrected chi connectivity index (χ4v) is 3.44. The topological polar surface area (TPSA) is 59.5 Å². The summed E-state index contributed by atoms with van der Waals surface area (Å²) >= 11 is 1.39. The van der Waals surface area contributed by atoms with E-state index in [4.69, 9.17) is 4.74 Å². The lowest BCUT2D eigenvalue weighted by Crippen LogP contribution is -2.42. The summed E-state index contributed by atoms with van der Waals surface area (Å²) in [6.45, 7) is 7.79. The monoisotopic (exact) mass is 344 g/mol. The SMILES string of the molecule is Cc1ccc(-c2nc3c(s2)C(=O)CN(C(=O)OC(C)(C)C)C3)cc1. The van der Waals surface area contributed by atoms with Crippen molar-refractivity contribution < 1.29 is 14.3 Å². The maximum Gasteiger partial charge on any atom is 0.411 e. The molecule has 126 valence electrons. The molecule has 2 aromatic rings. The predicted octanol–water partition coefficient (Wildman–Crippen LogP) is 4.05. The lowest BCUT2D eigenvalue weighted by molar-refractivity contribution is 0.0219. The summed E-state index contributed by atoms with van der Waals surface area (Å²) in [6.07, 6.45) is -0.480. The fourth-order valence-electron chi connectivity index (χ4n) is 2.43. The molecule has 1 aromatic heterocycles. The van der Waals surface area contributed by atoms with Crippen LogP contribution in [0.4, 0.5) is 4.79 Å². The molecule has 6 heteroatoms. The number of ether oxygens (including phenoxy) is 1. The van der Waals surface area contributed by atoms with Gasteiger partial charge in [0.25, 0.3) is 0 Å². The number of hydrogen-bond acceptors (Lipinski definition) is 5. The number of carbonyl (C=O) groups is 2. The summed E-state index contributed by atoms with van der Waals surface area (Å²) in [5.41, 5.74) is 2.22. The van der Waals surface area contributed by atoms with Gasteiger partial charge in [-0.15, -0.1) is 11.3 Å². The molecule has 0 bridgehead atoms. The Hall–Kier alpha value is -2.21. The third kappa shape index (κ3) is 3.48. The van der Waals surface area contributed by atoms with Gasteiger partial charge in [-0.25, -0.2) is 9.78 Å². The van der Waals surface area contributed by atoms with Gasteiger partial charge in [0, 0.05) is 5.56 Å². The van der Waals surface area contributed by atoms with Crippen LogP contribution >= 0.6 is 11.3 Å². The van der Waals surface area contributed by atoms with Crippen molar-refractivity contribution in [3.05, 3.63) is 40.4 Å². The number of aryl methyl sites for hydroxylation is 1. The van der Waals surface area contributed by atoms with E-state index in [1.807, 2.05) is 31.2 Å². The molecule has 0 unspecified atom stereocenters. The van der Waals surface area contributed by atoms with E-state index in [1.54, 1.807) is 20.8 Å². The first kappa shape index (κ1) is 16.6. The normalized spacial score (nSPS) is 14.5. The minimum atomic E-state index is -0.588. The molecule has 1 aliphatic heterocycles. The van der Waals surface area contributed by atoms with Crippen LogP contribution in [0.2, 0.25) is 0 Å². The van der Waals surface area contributed by atoms with Gasteiger partial charge in [0.15, 0.2) is 5.78 Å². The average Bonchev–Trinajstić information content (AvgIpc) is 2.90. The molecule has 0 aliphatic carbocycles. The molecule has 2 heterocycles. The summed E-state index contributed by atoms with van der Waals surface area (Å²) in [7, 11) is 0. The molecule has 0 saturated heterocycles. The predicted molar refractivity (Wildman–Crippen MR) is 93.3 cm³/mol. The van der Waals surface area contributed by atoms with Crippen LogP contribution in [0.5, 0.6) is 0 Å². The quantitative estimate of drug-likeness (QED) is 0.783. The molecule has 0 fully saturated rings. The summed E-state index contributed by atoms with van der Waals surface area (Å²) in [5.74, 6) is -0.0852. The standard InChI is InChI=1S/C18H20N2O3S/c1-11-5-7-12(8-6-11)16-19-13-9-20(10-14(21)15(13)24-16)17(22)23-18(2,3)4/h5-8H,9-10H2,1-4H3. The third-order valence-electron chi connectivity index (χ3n) is 3.58. The summed E-state index contributed by atoms with van der Waals surface area (Å²) in [6, 6.07) is 8.03. The lowest BCUT2D eigenvalue weighted by Gasteiger charge is -2.28. The first-order chi connectivity index (χ1) is 11.2. The highest BCUT2D eigenvalue weighted by Gasteiger charge is 2.32. The second-order valence-electron chi connectivity index (χ2n) is 6.92. The van der Waals surface area contributed by atoms with Gasteiger partial charge in [0.05, 0.1) is 23.7 Å². The van der Waals surface area contributed by atoms with Crippen LogP contribution in [-0.4, -0.2) is 33.9 Å². The Labute approximate surface area is 145 Å². The molecule has 0 N–H and O–H groups in total. The van der Waals surface area contributed by atoms with Crippen molar-refractivity contribution in [3.63, 3.8) is 0 Å². The van der Waals surface area contributed by atoms with Gasteiger partial charge in [0.1, 0.15) is 10.6 Å². The minimum absolute atomic E-state index is 0.0391. The van der Waals surface area contributed by atoms with Gasteiger partial charge in [-0.05, 0) is 27.7 Å². The number of Topliss-reactive ketones (excluding diaryl/α,β-unsaturated/α-hetero) is 1. The van der Waals surface area contributed by atoms with Gasteiger partial charge < -0.3 is 4.74 Å². The van der Waals surface area contributed by atoms with E-state index in [1.165, 1.54) is 21.8 Å². The van der Waals surface area contributed by atoms with Crippen LogP contribution < -0.4 is 0 Å². The van der Waals surface area contributed by atoms with Crippen LogP contribution in [0.1, 0.15) is 41.7 Å². The van der Waals surface area contributed by atoms with Gasteiger partial charge in [0.2, 0.25) is 0 Å². The largest absolute Gasteiger partial charge is 0.444 e. The van der Waals surface area contributed by atoms with Gasteiger partial charge in [-0.1, -0.05) is 29.8 Å². The van der Waals surface area contributed by atoms with Crippen LogP contribution in [0, 0.1) is 6.92 Å². The highest BCUT2D eigenvalue weighted by atomic mass is 32.1. The Morgan fingerprint density at radius 2 is 1.88 bits per heavy atom. The number of nitrogens with zero attached hydrogens (tertiary/aromatic N) is 2. The average molecular weight is 344 g/mol. The van der Waals surface area contributed by atoms with Crippen LogP contribution in [0.3, 0.4) is 0 Å². The number of aromatic nitrogens is 1. The number of ketones is 1. The van der Waals surface area contributed by atoms with Crippen LogP contribution in [-0.2, 0) is 11.3 Å². The molecular formula is C18H20N2O3S. The fraction of sp³-hybridized carbons (Fsp3) is 0.389. The summed E-state index contributed by atoms with van der Waals surface area (Å²) in [5, 5.41) is 0.805. The molecule has 1 aliphatic rings. The van der Waals surface area contributed by atoms with Gasteiger partial charge >= 0.3 is 6.09 Å². The van der Waals surface area contributed by atoms with Crippen molar-refractivity contribution in [2.24, 2.45) is 0 Å². The van der Waals surface area contributed by atoms with E-state index >= 15 is 0 Å². The first-order valence-electron chi connectivity index (χ1n) is 7.81. The van der Waals surface area contributed by atoms with E-state index in [0.717, 1.165) is 10.6 Å². The molecule has 24 heavy (non-hydrogen) atoms. The van der Waals surface area contributed by atoms with Crippen molar-refractivity contribution >= 4 is 23.2 Å². The Morgan fingerprint density at radius 1 is 1.21 bits per heavy atom. The number of thiazole rings is 1. The molecule has 0 saturated carbocycles. The molecule has 1 amide bonds. The van der Waals surface area contributed by atoms with E-state index in [9.17, 15) is 9.59 Å². The highest BCUT2D eigenvalue weighted by Crippen LogP contribution is 2.32. The van der Waals surface area contributed by atoms with Crippen LogP contribution in [0.15, 0.2) is 24.3 Å². The van der Waals surface area contributed by atoms with Crippen molar-refractivity contribution in [1.82, 2.24) is 9.88 Å². The highest BCUT2D eigenvalue weighted by molar-refractivity contribution is 7.17. The molecule has 3 rings (SSSR count). The van der Waals surface area contributed by atoms with Gasteiger partial charge in [-0.3, -0.25) is 9.69 Å². The molecule has 1 aromatic carbocycles. The molecule has 5 nitrogen and oxygen atoms in total. The van der Waals surface area contributed by atoms with E-state index in [2.05, 4.69) is 4.98 Å². The Bertz CT molecular complexity index is 788. The number of amides is 1. The number of fused-ring (bicyclic) bond motifs is 1. The molecule has 0 atom stereocenters. The third-order valence-corrected chi connectivity index (χ3v) is 4.76. The van der Waals surface area contributed by atoms with Crippen LogP contribution in [0.25, 0.3) is 10.6 Å². The summed E-state index contributed by atoms with van der Waals surface area (Å²) in [4.78, 5) is 31.2. The van der Waals surface area contributed by atoms with Crippen molar-refractivity contribution in [2.45, 2.75) is 39.8 Å². The number of carbonyl (C=O) groups excluding carboxylic acids is 2. The Kier molecular flexibility index (Phi) is 4.17. The molecular weight excluding hydrogens is 324 g/mol. The smallest absolute Gasteiger partial charge is 0.411 e. The molecule has 0 spiro atoms. The Balaban J connectivity index is 1.85. The zero-order valence-electron chi connectivity index (χ0n) is 14.3. The minimum Gasteiger partial charge on any atom is -0.444 e. The van der Waals surface area contributed by atoms with Gasteiger partial charge in [-0.2, -0.15) is 0 Å². The van der Waals surface area contributed by atoms with E-state index in [-0.39, 0.29) is 12.3 Å². The second kappa shape index (κ2) is 6.02. The number of hydrogen-bond donors (Lipinski definition) is 0. The molecule has 0 radical (unpaired) electrons. The first-order valence-corrected chi connectivity index (χ1v) is 8.62.